The van der Waals surface area contributed by atoms with E-state index in [0.29, 0.717) is 5.69 Å². The molecular formula is C13H8BrClN2S. The summed E-state index contributed by atoms with van der Waals surface area (Å²) in [4.78, 5) is 4.58. The van der Waals surface area contributed by atoms with Gasteiger partial charge in [0.1, 0.15) is 5.01 Å². The largest absolute Gasteiger partial charge is 0.398 e. The molecule has 90 valence electrons. The number of hydrogen-bond acceptors (Lipinski definition) is 3. The van der Waals surface area contributed by atoms with E-state index < -0.39 is 0 Å². The average molecular weight is 340 g/mol. The van der Waals surface area contributed by atoms with Gasteiger partial charge in [0.25, 0.3) is 0 Å². The lowest BCUT2D eigenvalue weighted by molar-refractivity contribution is 1.47. The number of thiazole rings is 1. The lowest BCUT2D eigenvalue weighted by Crippen LogP contribution is -1.87. The molecule has 0 aliphatic carbocycles. The van der Waals surface area contributed by atoms with Crippen molar-refractivity contribution in [3.05, 3.63) is 45.9 Å². The van der Waals surface area contributed by atoms with Gasteiger partial charge >= 0.3 is 0 Å². The summed E-state index contributed by atoms with van der Waals surface area (Å²) in [5, 5.41) is 1.67. The number of nitrogens with zero attached hydrogens (tertiary/aromatic N) is 1. The molecule has 3 aromatic rings. The fourth-order valence-electron chi connectivity index (χ4n) is 1.72. The van der Waals surface area contributed by atoms with Crippen LogP contribution < -0.4 is 5.73 Å². The van der Waals surface area contributed by atoms with Crippen LogP contribution in [0.4, 0.5) is 5.69 Å². The van der Waals surface area contributed by atoms with Crippen molar-refractivity contribution in [3.63, 3.8) is 0 Å². The Morgan fingerprint density at radius 1 is 1.22 bits per heavy atom. The number of nitrogen functional groups attached to an aromatic ring is 1. The van der Waals surface area contributed by atoms with Crippen LogP contribution in [0.25, 0.3) is 20.8 Å². The van der Waals surface area contributed by atoms with Gasteiger partial charge in [-0.15, -0.1) is 11.3 Å². The van der Waals surface area contributed by atoms with E-state index in [0.717, 1.165) is 30.3 Å². The molecule has 18 heavy (non-hydrogen) atoms. The first kappa shape index (κ1) is 12.0. The summed E-state index contributed by atoms with van der Waals surface area (Å²) in [6.07, 6.45) is 0. The van der Waals surface area contributed by atoms with Gasteiger partial charge in [-0.25, -0.2) is 4.98 Å². The van der Waals surface area contributed by atoms with E-state index in [2.05, 4.69) is 20.9 Å². The summed E-state index contributed by atoms with van der Waals surface area (Å²) in [5.41, 5.74) is 8.52. The van der Waals surface area contributed by atoms with E-state index in [1.165, 1.54) is 0 Å². The highest BCUT2D eigenvalue weighted by Gasteiger charge is 2.09. The van der Waals surface area contributed by atoms with Crippen LogP contribution in [0, 0.1) is 0 Å². The van der Waals surface area contributed by atoms with E-state index in [1.54, 1.807) is 11.3 Å². The van der Waals surface area contributed by atoms with Crippen LogP contribution in [0.1, 0.15) is 0 Å². The molecule has 0 bridgehead atoms. The maximum Gasteiger partial charge on any atom is 0.124 e. The van der Waals surface area contributed by atoms with Crippen LogP contribution in [0.5, 0.6) is 0 Å². The first-order valence-corrected chi connectivity index (χ1v) is 7.24. The van der Waals surface area contributed by atoms with Crippen LogP contribution >= 0.6 is 38.9 Å². The van der Waals surface area contributed by atoms with Crippen molar-refractivity contribution >= 4 is 54.8 Å². The smallest absolute Gasteiger partial charge is 0.124 e. The van der Waals surface area contributed by atoms with E-state index in [4.69, 9.17) is 17.3 Å². The highest BCUT2D eigenvalue weighted by atomic mass is 79.9. The molecule has 0 amide bonds. The number of benzene rings is 2. The topological polar surface area (TPSA) is 38.9 Å². The Kier molecular flexibility index (Phi) is 3.01. The molecule has 0 atom stereocenters. The fourth-order valence-corrected chi connectivity index (χ4v) is 3.21. The number of hydrogen-bond donors (Lipinski definition) is 1. The Bertz CT molecular complexity index is 739. The van der Waals surface area contributed by atoms with Crippen molar-refractivity contribution < 1.29 is 0 Å². The Labute approximate surface area is 122 Å². The highest BCUT2D eigenvalue weighted by Crippen LogP contribution is 2.35. The van der Waals surface area contributed by atoms with Crippen molar-refractivity contribution in [2.75, 3.05) is 5.73 Å². The zero-order chi connectivity index (χ0) is 12.7. The van der Waals surface area contributed by atoms with E-state index in [1.807, 2.05) is 36.4 Å². The fraction of sp³-hybridized carbons (Fsp3) is 0. The zero-order valence-electron chi connectivity index (χ0n) is 9.15. The normalized spacial score (nSPS) is 11.0. The highest BCUT2D eigenvalue weighted by molar-refractivity contribution is 9.10. The molecule has 2 N–H and O–H groups in total. The van der Waals surface area contributed by atoms with Gasteiger partial charge in [-0.3, -0.25) is 0 Å². The molecule has 0 saturated heterocycles. The molecule has 0 fully saturated rings. The van der Waals surface area contributed by atoms with Gasteiger partial charge in [0, 0.05) is 15.7 Å². The molecule has 1 heterocycles. The van der Waals surface area contributed by atoms with E-state index in [-0.39, 0.29) is 0 Å². The van der Waals surface area contributed by atoms with Gasteiger partial charge in [0.15, 0.2) is 0 Å². The molecule has 1 aromatic heterocycles. The van der Waals surface area contributed by atoms with Crippen molar-refractivity contribution in [2.24, 2.45) is 0 Å². The molecule has 0 aliphatic rings. The first-order valence-electron chi connectivity index (χ1n) is 5.25. The minimum atomic E-state index is 0.706. The minimum absolute atomic E-state index is 0.706. The molecule has 0 radical (unpaired) electrons. The quantitative estimate of drug-likeness (QED) is 0.636. The maximum atomic E-state index is 6.15. The average Bonchev–Trinajstić information content (AvgIpc) is 2.78. The summed E-state index contributed by atoms with van der Waals surface area (Å²) in [6.45, 7) is 0. The number of halogens is 2. The molecular weight excluding hydrogens is 332 g/mol. The summed E-state index contributed by atoms with van der Waals surface area (Å²) >= 11 is 11.1. The summed E-state index contributed by atoms with van der Waals surface area (Å²) in [6, 6.07) is 11.6. The van der Waals surface area contributed by atoms with Crippen LogP contribution in [0.3, 0.4) is 0 Å². The van der Waals surface area contributed by atoms with Crippen LogP contribution in [0.15, 0.2) is 40.9 Å². The van der Waals surface area contributed by atoms with Crippen molar-refractivity contribution in [3.8, 4) is 10.6 Å². The third-order valence-electron chi connectivity index (χ3n) is 2.61. The van der Waals surface area contributed by atoms with E-state index in [9.17, 15) is 0 Å². The third kappa shape index (κ3) is 2.00. The lowest BCUT2D eigenvalue weighted by atomic mass is 10.2. The van der Waals surface area contributed by atoms with Crippen LogP contribution in [-0.2, 0) is 0 Å². The van der Waals surface area contributed by atoms with Gasteiger partial charge in [-0.2, -0.15) is 0 Å². The van der Waals surface area contributed by atoms with Crippen molar-refractivity contribution in [1.82, 2.24) is 4.98 Å². The lowest BCUT2D eigenvalue weighted by Gasteiger charge is -2.00. The van der Waals surface area contributed by atoms with Gasteiger partial charge < -0.3 is 5.73 Å². The summed E-state index contributed by atoms with van der Waals surface area (Å²) in [7, 11) is 0. The second-order valence-electron chi connectivity index (χ2n) is 3.84. The van der Waals surface area contributed by atoms with Crippen molar-refractivity contribution in [1.29, 1.82) is 0 Å². The van der Waals surface area contributed by atoms with E-state index >= 15 is 0 Å². The van der Waals surface area contributed by atoms with Gasteiger partial charge in [0.2, 0.25) is 0 Å². The Morgan fingerprint density at radius 2 is 2.06 bits per heavy atom. The molecule has 0 aliphatic heterocycles. The predicted molar refractivity (Wildman–Crippen MR) is 82.2 cm³/mol. The monoisotopic (exact) mass is 338 g/mol. The molecule has 5 heteroatoms. The van der Waals surface area contributed by atoms with Gasteiger partial charge in [0.05, 0.1) is 15.2 Å². The third-order valence-corrected chi connectivity index (χ3v) is 4.91. The second-order valence-corrected chi connectivity index (χ2v) is 6.10. The minimum Gasteiger partial charge on any atom is -0.398 e. The summed E-state index contributed by atoms with van der Waals surface area (Å²) in [5.74, 6) is 0. The number of aromatic nitrogens is 1. The maximum absolute atomic E-state index is 6.15. The molecule has 2 aromatic carbocycles. The Balaban J connectivity index is 2.19. The van der Waals surface area contributed by atoms with Crippen LogP contribution in [-0.4, -0.2) is 4.98 Å². The van der Waals surface area contributed by atoms with Crippen LogP contribution in [0.2, 0.25) is 5.02 Å². The number of rotatable bonds is 1. The number of fused-ring (bicyclic) bond motifs is 1. The molecule has 0 saturated carbocycles. The SMILES string of the molecule is Nc1cc(-c2nc3cccc(Cl)c3s2)ccc1Br. The molecule has 2 nitrogen and oxygen atoms in total. The van der Waals surface area contributed by atoms with Crippen molar-refractivity contribution in [2.45, 2.75) is 0 Å². The Hall–Kier alpha value is -1.10. The second kappa shape index (κ2) is 4.53. The molecule has 3 rings (SSSR count). The number of nitrogens with two attached hydrogens (primary N) is 1. The standard InChI is InChI=1S/C13H8BrClN2S/c14-8-5-4-7(6-10(8)16)13-17-11-3-1-2-9(15)12(11)18-13/h1-6H,16H2. The molecule has 0 unspecified atom stereocenters. The summed E-state index contributed by atoms with van der Waals surface area (Å²) < 4.78 is 1.90. The number of anilines is 1. The van der Waals surface area contributed by atoms with Gasteiger partial charge in [-0.05, 0) is 40.2 Å². The first-order chi connectivity index (χ1) is 8.65. The van der Waals surface area contributed by atoms with Gasteiger partial charge in [-0.1, -0.05) is 23.7 Å². The Morgan fingerprint density at radius 3 is 2.78 bits per heavy atom. The zero-order valence-corrected chi connectivity index (χ0v) is 12.3. The predicted octanol–water partition coefficient (Wildman–Crippen LogP) is 4.96. The molecule has 0 spiro atoms.